The molecule has 0 aliphatic heterocycles. The van der Waals surface area contributed by atoms with E-state index < -0.39 is 5.97 Å². The molecule has 2 aromatic carbocycles. The van der Waals surface area contributed by atoms with Crippen molar-refractivity contribution in [3.05, 3.63) is 69.9 Å². The van der Waals surface area contributed by atoms with Gasteiger partial charge in [0, 0.05) is 22.6 Å². The van der Waals surface area contributed by atoms with Gasteiger partial charge in [0.2, 0.25) is 0 Å². The number of carbonyl (C=O) groups excluding carboxylic acids is 1. The number of hydrogen-bond donors (Lipinski definition) is 0. The maximum atomic E-state index is 12.0. The number of hydrogen-bond acceptors (Lipinski definition) is 3. The highest BCUT2D eigenvalue weighted by Gasteiger charge is 2.19. The van der Waals surface area contributed by atoms with Gasteiger partial charge in [-0.25, -0.2) is 4.79 Å². The van der Waals surface area contributed by atoms with Crippen molar-refractivity contribution < 1.29 is 9.53 Å². The molecule has 0 amide bonds. The van der Waals surface area contributed by atoms with Crippen molar-refractivity contribution in [2.45, 2.75) is 26.3 Å². The Labute approximate surface area is 157 Å². The number of halogens is 1. The Hall–Kier alpha value is -2.77. The van der Waals surface area contributed by atoms with Crippen LogP contribution in [0.15, 0.2) is 42.5 Å². The highest BCUT2D eigenvalue weighted by molar-refractivity contribution is 6.31. The van der Waals surface area contributed by atoms with Gasteiger partial charge in [0.1, 0.15) is 6.07 Å². The third kappa shape index (κ3) is 3.18. The first kappa shape index (κ1) is 18.0. The van der Waals surface area contributed by atoms with Crippen LogP contribution in [0, 0.1) is 11.3 Å². The number of carbonyl (C=O) groups is 1. The van der Waals surface area contributed by atoms with Crippen LogP contribution in [0.25, 0.3) is 10.9 Å². The first-order chi connectivity index (χ1) is 12.6. The zero-order chi connectivity index (χ0) is 18.7. The molecular weight excluding hydrogens is 348 g/mol. The van der Waals surface area contributed by atoms with Crippen LogP contribution in [0.1, 0.15) is 40.5 Å². The second kappa shape index (κ2) is 7.63. The molecular formula is C21H19ClN2O2. The molecule has 0 saturated carbocycles. The Morgan fingerprint density at radius 2 is 2.04 bits per heavy atom. The zero-order valence-corrected chi connectivity index (χ0v) is 15.5. The number of nitriles is 1. The van der Waals surface area contributed by atoms with E-state index in [-0.39, 0.29) is 0 Å². The Morgan fingerprint density at radius 1 is 1.27 bits per heavy atom. The Bertz CT molecular complexity index is 1010. The maximum absolute atomic E-state index is 12.0. The summed E-state index contributed by atoms with van der Waals surface area (Å²) in [6.45, 7) is 2.62. The maximum Gasteiger partial charge on any atom is 0.337 e. The fourth-order valence-electron chi connectivity index (χ4n) is 3.25. The van der Waals surface area contributed by atoms with Crippen molar-refractivity contribution in [2.75, 3.05) is 7.11 Å². The van der Waals surface area contributed by atoms with Gasteiger partial charge >= 0.3 is 5.97 Å². The quantitative estimate of drug-likeness (QED) is 0.600. The Kier molecular flexibility index (Phi) is 5.29. The van der Waals surface area contributed by atoms with Gasteiger partial charge in [0.15, 0.2) is 0 Å². The lowest BCUT2D eigenvalue weighted by Crippen LogP contribution is -2.06. The number of esters is 1. The molecule has 26 heavy (non-hydrogen) atoms. The monoisotopic (exact) mass is 366 g/mol. The number of ether oxygens (including phenoxy) is 1. The lowest BCUT2D eigenvalue weighted by atomic mass is 10.1. The van der Waals surface area contributed by atoms with E-state index in [1.807, 2.05) is 30.3 Å². The Balaban J connectivity index is 2.26. The van der Waals surface area contributed by atoms with E-state index in [1.165, 1.54) is 7.11 Å². The fraction of sp³-hybridized carbons (Fsp3) is 0.238. The third-order valence-electron chi connectivity index (χ3n) is 4.48. The van der Waals surface area contributed by atoms with Crippen LogP contribution in [0.4, 0.5) is 0 Å². The standard InChI is InChI=1S/C21H19ClN2O2/c1-3-6-19-17(12-23)16-10-9-14(21(25)26-2)11-20(16)24(19)13-15-7-4-5-8-18(15)22/h4-5,7-11H,3,6,13H2,1-2H3. The molecule has 1 aromatic heterocycles. The van der Waals surface area contributed by atoms with Crippen molar-refractivity contribution in [3.63, 3.8) is 0 Å². The second-order valence-corrected chi connectivity index (χ2v) is 6.49. The number of fused-ring (bicyclic) bond motifs is 1. The number of rotatable bonds is 5. The summed E-state index contributed by atoms with van der Waals surface area (Å²) in [7, 11) is 1.36. The smallest absolute Gasteiger partial charge is 0.337 e. The summed E-state index contributed by atoms with van der Waals surface area (Å²) < 4.78 is 6.93. The lowest BCUT2D eigenvalue weighted by molar-refractivity contribution is 0.0601. The van der Waals surface area contributed by atoms with Gasteiger partial charge < -0.3 is 9.30 Å². The molecule has 3 aromatic rings. The van der Waals surface area contributed by atoms with Crippen molar-refractivity contribution in [1.29, 1.82) is 5.26 Å². The van der Waals surface area contributed by atoms with Crippen LogP contribution in [0.2, 0.25) is 5.02 Å². The minimum atomic E-state index is -0.395. The SMILES string of the molecule is CCCc1c(C#N)c2ccc(C(=O)OC)cc2n1Cc1ccccc1Cl. The molecule has 0 aliphatic carbocycles. The van der Waals surface area contributed by atoms with Crippen molar-refractivity contribution in [2.24, 2.45) is 0 Å². The molecule has 0 spiro atoms. The van der Waals surface area contributed by atoms with E-state index in [4.69, 9.17) is 16.3 Å². The molecule has 0 radical (unpaired) electrons. The van der Waals surface area contributed by atoms with Crippen molar-refractivity contribution in [1.82, 2.24) is 4.57 Å². The molecule has 0 N–H and O–H groups in total. The summed E-state index contributed by atoms with van der Waals surface area (Å²) in [6.07, 6.45) is 1.69. The third-order valence-corrected chi connectivity index (χ3v) is 4.85. The molecule has 5 heteroatoms. The summed E-state index contributed by atoms with van der Waals surface area (Å²) in [5.41, 5.74) is 3.90. The summed E-state index contributed by atoms with van der Waals surface area (Å²) >= 11 is 6.35. The first-order valence-corrected chi connectivity index (χ1v) is 8.85. The number of benzene rings is 2. The molecule has 0 unspecified atom stereocenters. The second-order valence-electron chi connectivity index (χ2n) is 6.08. The summed E-state index contributed by atoms with van der Waals surface area (Å²) in [4.78, 5) is 12.0. The largest absolute Gasteiger partial charge is 0.465 e. The normalized spacial score (nSPS) is 10.7. The molecule has 132 valence electrons. The molecule has 0 fully saturated rings. The topological polar surface area (TPSA) is 55.0 Å². The van der Waals surface area contributed by atoms with Crippen molar-refractivity contribution >= 4 is 28.5 Å². The summed E-state index contributed by atoms with van der Waals surface area (Å²) in [6, 6.07) is 15.3. The van der Waals surface area contributed by atoms with Gasteiger partial charge in [-0.1, -0.05) is 49.2 Å². The van der Waals surface area contributed by atoms with Gasteiger partial charge in [-0.3, -0.25) is 0 Å². The van der Waals surface area contributed by atoms with Crippen LogP contribution >= 0.6 is 11.6 Å². The molecule has 3 rings (SSSR count). The number of aromatic nitrogens is 1. The van der Waals surface area contributed by atoms with Crippen LogP contribution in [0.5, 0.6) is 0 Å². The van der Waals surface area contributed by atoms with Gasteiger partial charge in [-0.15, -0.1) is 0 Å². The van der Waals surface area contributed by atoms with Gasteiger partial charge in [-0.2, -0.15) is 5.26 Å². The molecule has 1 heterocycles. The fourth-order valence-corrected chi connectivity index (χ4v) is 3.44. The lowest BCUT2D eigenvalue weighted by Gasteiger charge is -2.12. The summed E-state index contributed by atoms with van der Waals surface area (Å²) in [5.74, 6) is -0.395. The molecule has 0 aliphatic rings. The summed E-state index contributed by atoms with van der Waals surface area (Å²) in [5, 5.41) is 11.2. The van der Waals surface area contributed by atoms with E-state index in [1.54, 1.807) is 12.1 Å². The number of methoxy groups -OCH3 is 1. The van der Waals surface area contributed by atoms with E-state index in [0.717, 1.165) is 35.0 Å². The average molecular weight is 367 g/mol. The van der Waals surface area contributed by atoms with E-state index in [2.05, 4.69) is 17.6 Å². The van der Waals surface area contributed by atoms with Gasteiger partial charge in [-0.05, 0) is 30.2 Å². The predicted molar refractivity (Wildman–Crippen MR) is 103 cm³/mol. The van der Waals surface area contributed by atoms with Crippen LogP contribution in [0.3, 0.4) is 0 Å². The highest BCUT2D eigenvalue weighted by Crippen LogP contribution is 2.30. The molecule has 4 nitrogen and oxygen atoms in total. The van der Waals surface area contributed by atoms with Gasteiger partial charge in [0.25, 0.3) is 0 Å². The van der Waals surface area contributed by atoms with Crippen LogP contribution in [-0.2, 0) is 17.7 Å². The highest BCUT2D eigenvalue weighted by atomic mass is 35.5. The van der Waals surface area contributed by atoms with Crippen LogP contribution < -0.4 is 0 Å². The van der Waals surface area contributed by atoms with Crippen LogP contribution in [-0.4, -0.2) is 17.6 Å². The molecule has 0 atom stereocenters. The molecule has 0 bridgehead atoms. The van der Waals surface area contributed by atoms with Crippen molar-refractivity contribution in [3.8, 4) is 6.07 Å². The Morgan fingerprint density at radius 3 is 2.69 bits per heavy atom. The van der Waals surface area contributed by atoms with E-state index in [9.17, 15) is 10.1 Å². The number of nitrogens with zero attached hydrogens (tertiary/aromatic N) is 2. The van der Waals surface area contributed by atoms with E-state index >= 15 is 0 Å². The minimum Gasteiger partial charge on any atom is -0.465 e. The van der Waals surface area contributed by atoms with Gasteiger partial charge in [0.05, 0.1) is 23.8 Å². The molecule has 0 saturated heterocycles. The minimum absolute atomic E-state index is 0.395. The zero-order valence-electron chi connectivity index (χ0n) is 14.8. The van der Waals surface area contributed by atoms with E-state index in [0.29, 0.717) is 22.7 Å². The average Bonchev–Trinajstić information content (AvgIpc) is 2.95. The first-order valence-electron chi connectivity index (χ1n) is 8.47. The predicted octanol–water partition coefficient (Wildman–Crippen LogP) is 4.95.